The normalized spacial score (nSPS) is 15.6. The lowest BCUT2D eigenvalue weighted by molar-refractivity contribution is 0.0654. The maximum atomic E-state index is 13.6. The van der Waals surface area contributed by atoms with Gasteiger partial charge in [-0.15, -0.1) is 0 Å². The van der Waals surface area contributed by atoms with E-state index < -0.39 is 0 Å². The van der Waals surface area contributed by atoms with E-state index in [2.05, 4.69) is 46.5 Å². The fourth-order valence-electron chi connectivity index (χ4n) is 4.17. The van der Waals surface area contributed by atoms with Crippen LogP contribution in [-0.4, -0.2) is 32.1 Å². The first-order valence-corrected chi connectivity index (χ1v) is 10.2. The van der Waals surface area contributed by atoms with Gasteiger partial charge in [-0.05, 0) is 47.7 Å². The molecule has 148 valence electrons. The number of amides is 1. The number of hydrogen-bond acceptors (Lipinski definition) is 3. The molecule has 0 saturated carbocycles. The Bertz CT molecular complexity index is 1150. The zero-order valence-corrected chi connectivity index (χ0v) is 16.6. The van der Waals surface area contributed by atoms with E-state index in [1.807, 2.05) is 47.5 Å². The summed E-state index contributed by atoms with van der Waals surface area (Å²) in [6.45, 7) is 0.682. The standard InChI is InChI=1S/C25H22N4O/c30-25(22-12-6-13-24(27-22)29-16-7-15-26-29)28-17-14-20-10-4-5-11-21(20)23(28)18-19-8-2-1-3-9-19/h1-13,15-16,23H,14,17-18H2/t23-/m1/s1. The summed E-state index contributed by atoms with van der Waals surface area (Å²) in [5, 5.41) is 4.23. The Morgan fingerprint density at radius 3 is 2.60 bits per heavy atom. The number of hydrogen-bond donors (Lipinski definition) is 0. The molecule has 0 radical (unpaired) electrons. The Morgan fingerprint density at radius 1 is 0.933 bits per heavy atom. The molecule has 0 unspecified atom stereocenters. The summed E-state index contributed by atoms with van der Waals surface area (Å²) < 4.78 is 1.67. The summed E-state index contributed by atoms with van der Waals surface area (Å²) in [4.78, 5) is 20.1. The molecule has 0 fully saturated rings. The largest absolute Gasteiger partial charge is 0.330 e. The highest BCUT2D eigenvalue weighted by atomic mass is 16.2. The van der Waals surface area contributed by atoms with Crippen molar-refractivity contribution in [3.05, 3.63) is 114 Å². The molecule has 0 N–H and O–H groups in total. The Labute approximate surface area is 175 Å². The Kier molecular flexibility index (Phi) is 4.85. The van der Waals surface area contributed by atoms with Crippen molar-refractivity contribution in [2.24, 2.45) is 0 Å². The number of pyridine rings is 1. The maximum absolute atomic E-state index is 13.6. The lowest BCUT2D eigenvalue weighted by Gasteiger charge is -2.37. The highest BCUT2D eigenvalue weighted by Gasteiger charge is 2.32. The third kappa shape index (κ3) is 3.50. The summed E-state index contributed by atoms with van der Waals surface area (Å²) >= 11 is 0. The number of benzene rings is 2. The van der Waals surface area contributed by atoms with Crippen LogP contribution in [0.2, 0.25) is 0 Å². The monoisotopic (exact) mass is 394 g/mol. The number of carbonyl (C=O) groups excluding carboxylic acids is 1. The maximum Gasteiger partial charge on any atom is 0.273 e. The fourth-order valence-corrected chi connectivity index (χ4v) is 4.17. The zero-order valence-electron chi connectivity index (χ0n) is 16.6. The van der Waals surface area contributed by atoms with Crippen LogP contribution in [0.5, 0.6) is 0 Å². The zero-order chi connectivity index (χ0) is 20.3. The molecule has 1 amide bonds. The third-order valence-electron chi connectivity index (χ3n) is 5.64. The second-order valence-corrected chi connectivity index (χ2v) is 7.48. The first-order chi connectivity index (χ1) is 14.8. The molecule has 4 aromatic rings. The molecule has 3 heterocycles. The van der Waals surface area contributed by atoms with Crippen LogP contribution >= 0.6 is 0 Å². The molecule has 30 heavy (non-hydrogen) atoms. The van der Waals surface area contributed by atoms with Crippen LogP contribution in [-0.2, 0) is 12.8 Å². The quantitative estimate of drug-likeness (QED) is 0.520. The Morgan fingerprint density at radius 2 is 1.77 bits per heavy atom. The SMILES string of the molecule is O=C(c1cccc(-n2cccn2)n1)N1CCc2ccccc2[C@H]1Cc1ccccc1. The molecule has 0 aliphatic carbocycles. The van der Waals surface area contributed by atoms with Crippen molar-refractivity contribution in [2.45, 2.75) is 18.9 Å². The minimum Gasteiger partial charge on any atom is -0.330 e. The van der Waals surface area contributed by atoms with Gasteiger partial charge in [-0.2, -0.15) is 5.10 Å². The number of nitrogens with zero attached hydrogens (tertiary/aromatic N) is 4. The van der Waals surface area contributed by atoms with Crippen LogP contribution in [0, 0.1) is 0 Å². The van der Waals surface area contributed by atoms with Gasteiger partial charge in [0.15, 0.2) is 5.82 Å². The van der Waals surface area contributed by atoms with E-state index in [1.165, 1.54) is 16.7 Å². The topological polar surface area (TPSA) is 51.0 Å². The van der Waals surface area contributed by atoms with Gasteiger partial charge in [0, 0.05) is 18.9 Å². The van der Waals surface area contributed by atoms with Crippen LogP contribution in [0.3, 0.4) is 0 Å². The molecular formula is C25H22N4O. The van der Waals surface area contributed by atoms with Gasteiger partial charge in [-0.25, -0.2) is 9.67 Å². The van der Waals surface area contributed by atoms with Gasteiger partial charge < -0.3 is 4.90 Å². The average Bonchev–Trinajstić information content (AvgIpc) is 3.35. The van der Waals surface area contributed by atoms with Gasteiger partial charge in [-0.3, -0.25) is 4.79 Å². The predicted octanol–water partition coefficient (Wildman–Crippen LogP) is 4.25. The van der Waals surface area contributed by atoms with Gasteiger partial charge >= 0.3 is 0 Å². The second kappa shape index (κ2) is 7.95. The van der Waals surface area contributed by atoms with Crippen molar-refractivity contribution in [3.63, 3.8) is 0 Å². The van der Waals surface area contributed by atoms with E-state index in [-0.39, 0.29) is 11.9 Å². The summed E-state index contributed by atoms with van der Waals surface area (Å²) in [6.07, 6.45) is 5.16. The first kappa shape index (κ1) is 18.3. The van der Waals surface area contributed by atoms with Crippen molar-refractivity contribution < 1.29 is 4.79 Å². The Balaban J connectivity index is 1.50. The summed E-state index contributed by atoms with van der Waals surface area (Å²) in [7, 11) is 0. The molecule has 0 bridgehead atoms. The van der Waals surface area contributed by atoms with E-state index in [0.29, 0.717) is 18.1 Å². The van der Waals surface area contributed by atoms with Gasteiger partial charge in [0.05, 0.1) is 6.04 Å². The molecule has 1 atom stereocenters. The first-order valence-electron chi connectivity index (χ1n) is 10.2. The van der Waals surface area contributed by atoms with Crippen LogP contribution in [0.1, 0.15) is 33.2 Å². The molecular weight excluding hydrogens is 372 g/mol. The molecule has 1 aliphatic rings. The molecule has 2 aromatic heterocycles. The number of fused-ring (bicyclic) bond motifs is 1. The predicted molar refractivity (Wildman–Crippen MR) is 115 cm³/mol. The number of carbonyl (C=O) groups is 1. The number of aromatic nitrogens is 3. The molecule has 0 spiro atoms. The summed E-state index contributed by atoms with van der Waals surface area (Å²) in [5.41, 5.74) is 4.21. The van der Waals surface area contributed by atoms with E-state index in [0.717, 1.165) is 12.8 Å². The van der Waals surface area contributed by atoms with Crippen LogP contribution in [0.15, 0.2) is 91.3 Å². The highest BCUT2D eigenvalue weighted by Crippen LogP contribution is 2.33. The molecule has 5 heteroatoms. The molecule has 5 rings (SSSR count). The van der Waals surface area contributed by atoms with Crippen molar-refractivity contribution >= 4 is 5.91 Å². The number of rotatable bonds is 4. The molecule has 5 nitrogen and oxygen atoms in total. The summed E-state index contributed by atoms with van der Waals surface area (Å²) in [6, 6.07) is 26.1. The van der Waals surface area contributed by atoms with Crippen molar-refractivity contribution in [1.29, 1.82) is 0 Å². The third-order valence-corrected chi connectivity index (χ3v) is 5.64. The van der Waals surface area contributed by atoms with Crippen LogP contribution in [0.25, 0.3) is 5.82 Å². The Hall–Kier alpha value is -3.73. The van der Waals surface area contributed by atoms with E-state index in [9.17, 15) is 4.79 Å². The van der Waals surface area contributed by atoms with Crippen LogP contribution in [0.4, 0.5) is 0 Å². The highest BCUT2D eigenvalue weighted by molar-refractivity contribution is 5.93. The van der Waals surface area contributed by atoms with Gasteiger partial charge in [0.2, 0.25) is 0 Å². The van der Waals surface area contributed by atoms with E-state index in [1.54, 1.807) is 16.9 Å². The smallest absolute Gasteiger partial charge is 0.273 e. The molecule has 0 saturated heterocycles. The van der Waals surface area contributed by atoms with Gasteiger partial charge in [0.25, 0.3) is 5.91 Å². The van der Waals surface area contributed by atoms with Crippen molar-refractivity contribution in [1.82, 2.24) is 19.7 Å². The minimum atomic E-state index is -0.0422. The fraction of sp³-hybridized carbons (Fsp3) is 0.160. The average molecular weight is 394 g/mol. The van der Waals surface area contributed by atoms with Crippen molar-refractivity contribution in [3.8, 4) is 5.82 Å². The van der Waals surface area contributed by atoms with Gasteiger partial charge in [0.1, 0.15) is 5.69 Å². The van der Waals surface area contributed by atoms with E-state index >= 15 is 0 Å². The van der Waals surface area contributed by atoms with Gasteiger partial charge in [-0.1, -0.05) is 60.7 Å². The second-order valence-electron chi connectivity index (χ2n) is 7.48. The summed E-state index contributed by atoms with van der Waals surface area (Å²) in [5.74, 6) is 0.599. The minimum absolute atomic E-state index is 0.0139. The molecule has 2 aromatic carbocycles. The lowest BCUT2D eigenvalue weighted by Crippen LogP contribution is -2.41. The lowest BCUT2D eigenvalue weighted by atomic mass is 9.88. The molecule has 1 aliphatic heterocycles. The van der Waals surface area contributed by atoms with Crippen molar-refractivity contribution in [2.75, 3.05) is 6.54 Å². The van der Waals surface area contributed by atoms with Crippen LogP contribution < -0.4 is 0 Å². The van der Waals surface area contributed by atoms with E-state index in [4.69, 9.17) is 0 Å².